The van der Waals surface area contributed by atoms with Crippen molar-refractivity contribution >= 4 is 30.1 Å². The maximum absolute atomic E-state index is 11.8. The lowest BCUT2D eigenvalue weighted by Crippen LogP contribution is -2.30. The van der Waals surface area contributed by atoms with Crippen LogP contribution in [0.2, 0.25) is 0 Å². The van der Waals surface area contributed by atoms with E-state index in [9.17, 15) is 14.8 Å². The first-order valence-electron chi connectivity index (χ1n) is 10.1. The summed E-state index contributed by atoms with van der Waals surface area (Å²) in [6, 6.07) is 10.3. The summed E-state index contributed by atoms with van der Waals surface area (Å²) >= 11 is 0. The first-order valence-corrected chi connectivity index (χ1v) is 10.1. The summed E-state index contributed by atoms with van der Waals surface area (Å²) in [6.45, 7) is 4.15. The third kappa shape index (κ3) is 4.16. The molecule has 3 aromatic heterocycles. The second-order valence-corrected chi connectivity index (χ2v) is 7.25. The molecule has 0 spiro atoms. The zero-order chi connectivity index (χ0) is 22.8. The van der Waals surface area contributed by atoms with Crippen LogP contribution in [0.5, 0.6) is 0 Å². The van der Waals surface area contributed by atoms with Crippen molar-refractivity contribution in [2.45, 2.75) is 26.8 Å². The number of fused-ring (bicyclic) bond motifs is 1. The molecule has 0 saturated heterocycles. The molecule has 11 heteroatoms. The van der Waals surface area contributed by atoms with Gasteiger partial charge in [-0.3, -0.25) is 9.20 Å². The average Bonchev–Trinajstić information content (AvgIpc) is 3.13. The molecule has 0 radical (unpaired) electrons. The molecule has 1 aromatic carbocycles. The quantitative estimate of drug-likeness (QED) is 0.308. The second-order valence-electron chi connectivity index (χ2n) is 7.25. The molecule has 4 rings (SSSR count). The number of carbonyl (C=O) groups excluding carboxylic acids is 1. The Labute approximate surface area is 184 Å². The van der Waals surface area contributed by atoms with Crippen molar-refractivity contribution in [3.63, 3.8) is 0 Å². The third-order valence-corrected chi connectivity index (χ3v) is 5.00. The highest BCUT2D eigenvalue weighted by molar-refractivity contribution is 6.58. The summed E-state index contributed by atoms with van der Waals surface area (Å²) in [5.74, 6) is 0.833. The highest BCUT2D eigenvalue weighted by Crippen LogP contribution is 2.24. The summed E-state index contributed by atoms with van der Waals surface area (Å²) in [4.78, 5) is 29.9. The highest BCUT2D eigenvalue weighted by atomic mass is 16.4. The number of anilines is 1. The molecule has 3 heterocycles. The lowest BCUT2D eigenvalue weighted by molar-refractivity contribution is 0.100. The first-order chi connectivity index (χ1) is 15.4. The van der Waals surface area contributed by atoms with Gasteiger partial charge >= 0.3 is 7.12 Å². The number of nitrogens with zero attached hydrogens (tertiary/aromatic N) is 5. The van der Waals surface area contributed by atoms with Crippen molar-refractivity contribution < 1.29 is 14.8 Å². The van der Waals surface area contributed by atoms with Crippen LogP contribution in [0.4, 0.5) is 5.95 Å². The van der Waals surface area contributed by atoms with Gasteiger partial charge in [-0.2, -0.15) is 9.97 Å². The molecule has 0 aliphatic carbocycles. The van der Waals surface area contributed by atoms with E-state index in [1.165, 1.54) is 0 Å². The van der Waals surface area contributed by atoms with Gasteiger partial charge in [-0.15, -0.1) is 0 Å². The van der Waals surface area contributed by atoms with Crippen molar-refractivity contribution in [2.24, 2.45) is 5.73 Å². The molecule has 0 bridgehead atoms. The topological polar surface area (TPSA) is 152 Å². The normalized spacial score (nSPS) is 11.0. The molecule has 0 atom stereocenters. The number of rotatable bonds is 7. The second kappa shape index (κ2) is 8.73. The minimum Gasteiger partial charge on any atom is -0.423 e. The SMILES string of the molecule is CCc1nc(NCc2cccc(B(O)O)c2)nc(-c2c(C)nc3c(C(N)=O)cccn23)n1. The number of pyridine rings is 1. The molecule has 0 fully saturated rings. The predicted octanol–water partition coefficient (Wildman–Crippen LogP) is 0.448. The molecule has 10 nitrogen and oxygen atoms in total. The molecule has 4 aromatic rings. The fraction of sp³-hybridized carbons (Fsp3) is 0.190. The van der Waals surface area contributed by atoms with E-state index in [4.69, 9.17) is 5.73 Å². The van der Waals surface area contributed by atoms with Crippen LogP contribution in [-0.4, -0.2) is 47.4 Å². The van der Waals surface area contributed by atoms with E-state index in [-0.39, 0.29) is 0 Å². The van der Waals surface area contributed by atoms with Crippen LogP contribution in [0.15, 0.2) is 42.6 Å². The molecule has 0 aliphatic heterocycles. The van der Waals surface area contributed by atoms with Gasteiger partial charge in [0.25, 0.3) is 5.91 Å². The Hall–Kier alpha value is -3.83. The van der Waals surface area contributed by atoms with Crippen LogP contribution in [0.25, 0.3) is 17.2 Å². The molecule has 0 saturated carbocycles. The zero-order valence-electron chi connectivity index (χ0n) is 17.6. The van der Waals surface area contributed by atoms with Crippen LogP contribution in [0.1, 0.15) is 34.4 Å². The fourth-order valence-electron chi connectivity index (χ4n) is 3.45. The van der Waals surface area contributed by atoms with Gasteiger partial charge in [0.1, 0.15) is 17.2 Å². The van der Waals surface area contributed by atoms with Gasteiger partial charge in [0.2, 0.25) is 5.95 Å². The van der Waals surface area contributed by atoms with Crippen molar-refractivity contribution in [1.82, 2.24) is 24.3 Å². The minimum atomic E-state index is -1.53. The van der Waals surface area contributed by atoms with Crippen molar-refractivity contribution in [3.05, 3.63) is 65.2 Å². The van der Waals surface area contributed by atoms with E-state index >= 15 is 0 Å². The monoisotopic (exact) mass is 431 g/mol. The van der Waals surface area contributed by atoms with Gasteiger partial charge in [-0.1, -0.05) is 31.2 Å². The standard InChI is InChI=1S/C21H22BN7O3/c1-3-16-26-19(17-12(2)25-20-15(18(23)30)8-5-9-29(17)20)28-21(27-16)24-11-13-6-4-7-14(10-13)22(31)32/h4-10,31-32H,3,11H2,1-2H3,(H2,23,30)(H,24,26,27,28). The Kier molecular flexibility index (Phi) is 5.84. The summed E-state index contributed by atoms with van der Waals surface area (Å²) < 4.78 is 1.75. The number of primary amides is 1. The van der Waals surface area contributed by atoms with Crippen LogP contribution in [0.3, 0.4) is 0 Å². The highest BCUT2D eigenvalue weighted by Gasteiger charge is 2.19. The lowest BCUT2D eigenvalue weighted by atomic mass is 9.80. The number of nitrogens with two attached hydrogens (primary N) is 1. The number of aryl methyl sites for hydroxylation is 2. The smallest absolute Gasteiger partial charge is 0.423 e. The molecular formula is C21H22BN7O3. The summed E-state index contributed by atoms with van der Waals surface area (Å²) in [5.41, 5.74) is 8.80. The summed E-state index contributed by atoms with van der Waals surface area (Å²) in [5, 5.41) is 21.9. The molecule has 162 valence electrons. The van der Waals surface area contributed by atoms with Gasteiger partial charge < -0.3 is 21.1 Å². The van der Waals surface area contributed by atoms with Crippen LogP contribution in [0, 0.1) is 6.92 Å². The van der Waals surface area contributed by atoms with Gasteiger partial charge in [0, 0.05) is 19.2 Å². The molecule has 0 aliphatic rings. The van der Waals surface area contributed by atoms with E-state index in [1.807, 2.05) is 19.9 Å². The lowest BCUT2D eigenvalue weighted by Gasteiger charge is -2.10. The van der Waals surface area contributed by atoms with Gasteiger partial charge in [0.05, 0.1) is 11.3 Å². The number of imidazole rings is 1. The Morgan fingerprint density at radius 3 is 2.69 bits per heavy atom. The number of aromatic nitrogens is 5. The summed E-state index contributed by atoms with van der Waals surface area (Å²) in [6.07, 6.45) is 2.38. The molecule has 5 N–H and O–H groups in total. The number of hydrogen-bond acceptors (Lipinski definition) is 8. The van der Waals surface area contributed by atoms with Crippen molar-refractivity contribution in [2.75, 3.05) is 5.32 Å². The van der Waals surface area contributed by atoms with Gasteiger partial charge in [-0.25, -0.2) is 9.97 Å². The molecule has 0 unspecified atom stereocenters. The van der Waals surface area contributed by atoms with E-state index in [1.54, 1.807) is 40.9 Å². The third-order valence-electron chi connectivity index (χ3n) is 5.00. The number of amides is 1. The first kappa shape index (κ1) is 21.4. The maximum Gasteiger partial charge on any atom is 0.488 e. The van der Waals surface area contributed by atoms with Gasteiger partial charge in [0.15, 0.2) is 5.82 Å². The average molecular weight is 431 g/mol. The van der Waals surface area contributed by atoms with Crippen LogP contribution in [-0.2, 0) is 13.0 Å². The Morgan fingerprint density at radius 1 is 1.16 bits per heavy atom. The number of carbonyl (C=O) groups is 1. The van der Waals surface area contributed by atoms with Crippen LogP contribution < -0.4 is 16.5 Å². The van der Waals surface area contributed by atoms with Gasteiger partial charge in [-0.05, 0) is 30.1 Å². The van der Waals surface area contributed by atoms with Crippen molar-refractivity contribution in [1.29, 1.82) is 0 Å². The van der Waals surface area contributed by atoms with E-state index in [0.717, 1.165) is 5.56 Å². The Bertz CT molecular complexity index is 1310. The van der Waals surface area contributed by atoms with E-state index < -0.39 is 13.0 Å². The van der Waals surface area contributed by atoms with Crippen LogP contribution >= 0.6 is 0 Å². The molecule has 32 heavy (non-hydrogen) atoms. The largest absolute Gasteiger partial charge is 0.488 e. The van der Waals surface area contributed by atoms with E-state index in [0.29, 0.717) is 58.6 Å². The minimum absolute atomic E-state index is 0.316. The van der Waals surface area contributed by atoms with Crippen molar-refractivity contribution in [3.8, 4) is 11.5 Å². The zero-order valence-corrected chi connectivity index (χ0v) is 17.6. The molecular weight excluding hydrogens is 409 g/mol. The predicted molar refractivity (Wildman–Crippen MR) is 120 cm³/mol. The number of nitrogens with one attached hydrogen (secondary N) is 1. The Balaban J connectivity index is 1.72. The number of benzene rings is 1. The maximum atomic E-state index is 11.8. The summed E-state index contributed by atoms with van der Waals surface area (Å²) in [7, 11) is -1.53. The fourth-order valence-corrected chi connectivity index (χ4v) is 3.45. The number of hydrogen-bond donors (Lipinski definition) is 4. The van der Waals surface area contributed by atoms with E-state index in [2.05, 4.69) is 25.3 Å². The molecule has 1 amide bonds. The Morgan fingerprint density at radius 2 is 1.97 bits per heavy atom.